The molecule has 11 heavy (non-hydrogen) atoms. The number of rotatable bonds is 1. The molecule has 7 heteroatoms. The van der Waals surface area contributed by atoms with Gasteiger partial charge in [0.2, 0.25) is 0 Å². The van der Waals surface area contributed by atoms with Crippen LogP contribution in [-0.2, 0) is 7.05 Å². The van der Waals surface area contributed by atoms with Crippen LogP contribution in [0.1, 0.15) is 0 Å². The summed E-state index contributed by atoms with van der Waals surface area (Å²) in [6.07, 6.45) is 0. The van der Waals surface area contributed by atoms with Gasteiger partial charge in [-0.3, -0.25) is 5.32 Å². The number of anilines is 1. The summed E-state index contributed by atoms with van der Waals surface area (Å²) in [6, 6.07) is -0.345. The molecule has 1 heterocycles. The van der Waals surface area contributed by atoms with Crippen LogP contribution in [0.15, 0.2) is 0 Å². The van der Waals surface area contributed by atoms with Gasteiger partial charge in [0.25, 0.3) is 5.95 Å². The normalized spacial score (nSPS) is 9.27. The summed E-state index contributed by atoms with van der Waals surface area (Å²) in [7, 11) is 3.14. The fraction of sp³-hybridized carbons (Fsp3) is 0.500. The highest BCUT2D eigenvalue weighted by Gasteiger charge is 2.03. The van der Waals surface area contributed by atoms with Crippen LogP contribution in [0.25, 0.3) is 0 Å². The minimum atomic E-state index is -0.345. The lowest BCUT2D eigenvalue weighted by Gasteiger charge is -1.99. The van der Waals surface area contributed by atoms with E-state index in [4.69, 9.17) is 0 Å². The molecule has 1 aromatic heterocycles. The zero-order valence-electron chi connectivity index (χ0n) is 6.20. The van der Waals surface area contributed by atoms with E-state index in [-0.39, 0.29) is 6.03 Å². The number of hydrogen-bond acceptors (Lipinski definition) is 4. The van der Waals surface area contributed by atoms with Crippen molar-refractivity contribution in [3.05, 3.63) is 0 Å². The second-order valence-corrected chi connectivity index (χ2v) is 1.83. The maximum Gasteiger partial charge on any atom is 0.321 e. The molecule has 0 aliphatic heterocycles. The monoisotopic (exact) mass is 156 g/mol. The molecular weight excluding hydrogens is 148 g/mol. The molecule has 0 spiro atoms. The summed E-state index contributed by atoms with van der Waals surface area (Å²) in [5.74, 6) is 0.310. The van der Waals surface area contributed by atoms with E-state index in [1.165, 1.54) is 11.7 Å². The molecule has 0 fully saturated rings. The van der Waals surface area contributed by atoms with Gasteiger partial charge in [0, 0.05) is 14.1 Å². The van der Waals surface area contributed by atoms with Crippen LogP contribution >= 0.6 is 0 Å². The molecular formula is C4H8N6O. The minimum absolute atomic E-state index is 0.310. The molecule has 1 aromatic rings. The van der Waals surface area contributed by atoms with Gasteiger partial charge in [-0.1, -0.05) is 5.10 Å². The van der Waals surface area contributed by atoms with E-state index < -0.39 is 0 Å². The van der Waals surface area contributed by atoms with Gasteiger partial charge in [-0.15, -0.1) is 0 Å². The van der Waals surface area contributed by atoms with Crippen molar-refractivity contribution in [2.45, 2.75) is 0 Å². The molecule has 0 bridgehead atoms. The van der Waals surface area contributed by atoms with E-state index >= 15 is 0 Å². The molecule has 1 rings (SSSR count). The number of amides is 2. The van der Waals surface area contributed by atoms with E-state index in [0.29, 0.717) is 5.95 Å². The second kappa shape index (κ2) is 2.95. The highest BCUT2D eigenvalue weighted by Crippen LogP contribution is 1.93. The van der Waals surface area contributed by atoms with Gasteiger partial charge in [0.05, 0.1) is 0 Å². The lowest BCUT2D eigenvalue weighted by molar-refractivity contribution is 0.253. The first-order valence-corrected chi connectivity index (χ1v) is 2.95. The van der Waals surface area contributed by atoms with E-state index in [1.54, 1.807) is 7.05 Å². The Morgan fingerprint density at radius 3 is 2.82 bits per heavy atom. The van der Waals surface area contributed by atoms with Gasteiger partial charge in [-0.2, -0.15) is 0 Å². The molecule has 2 amide bonds. The van der Waals surface area contributed by atoms with Gasteiger partial charge >= 0.3 is 6.03 Å². The van der Waals surface area contributed by atoms with Crippen molar-refractivity contribution in [1.29, 1.82) is 0 Å². The molecule has 7 nitrogen and oxygen atoms in total. The fourth-order valence-corrected chi connectivity index (χ4v) is 0.499. The third-order valence-corrected chi connectivity index (χ3v) is 1.07. The second-order valence-electron chi connectivity index (χ2n) is 1.83. The Kier molecular flexibility index (Phi) is 2.00. The summed E-state index contributed by atoms with van der Waals surface area (Å²) in [5.41, 5.74) is 0. The third-order valence-electron chi connectivity index (χ3n) is 1.07. The standard InChI is InChI=1S/C4H8N6O/c1-5-4(11)6-3-7-8-9-10(3)2/h1-2H3,(H2,5,6,7,9,11). The first-order chi connectivity index (χ1) is 5.24. The summed E-state index contributed by atoms with van der Waals surface area (Å²) in [6.45, 7) is 0. The molecule has 2 N–H and O–H groups in total. The number of carbonyl (C=O) groups is 1. The Morgan fingerprint density at radius 1 is 1.64 bits per heavy atom. The van der Waals surface area contributed by atoms with Crippen LogP contribution < -0.4 is 10.6 Å². The first kappa shape index (κ1) is 7.45. The molecule has 0 aliphatic carbocycles. The van der Waals surface area contributed by atoms with Crippen LogP contribution in [0, 0.1) is 0 Å². The van der Waals surface area contributed by atoms with Crippen molar-refractivity contribution in [3.8, 4) is 0 Å². The van der Waals surface area contributed by atoms with E-state index in [9.17, 15) is 4.79 Å². The maximum absolute atomic E-state index is 10.7. The molecule has 0 aromatic carbocycles. The first-order valence-electron chi connectivity index (χ1n) is 2.95. The number of aromatic nitrogens is 4. The zero-order valence-corrected chi connectivity index (χ0v) is 6.20. The smallest absolute Gasteiger partial charge is 0.321 e. The number of nitrogens with one attached hydrogen (secondary N) is 2. The van der Waals surface area contributed by atoms with Crippen LogP contribution in [-0.4, -0.2) is 33.3 Å². The minimum Gasteiger partial charge on any atom is -0.341 e. The van der Waals surface area contributed by atoms with E-state index in [1.807, 2.05) is 0 Å². The topological polar surface area (TPSA) is 84.7 Å². The number of aryl methyl sites for hydroxylation is 1. The van der Waals surface area contributed by atoms with Crippen molar-refractivity contribution in [2.75, 3.05) is 12.4 Å². The average molecular weight is 156 g/mol. The van der Waals surface area contributed by atoms with Crippen LogP contribution in [0.5, 0.6) is 0 Å². The lowest BCUT2D eigenvalue weighted by Crippen LogP contribution is -2.26. The van der Waals surface area contributed by atoms with Crippen molar-refractivity contribution < 1.29 is 4.79 Å². The number of tetrazole rings is 1. The Balaban J connectivity index is 2.64. The third kappa shape index (κ3) is 1.63. The summed E-state index contributed by atoms with van der Waals surface area (Å²) >= 11 is 0. The van der Waals surface area contributed by atoms with Crippen molar-refractivity contribution in [2.24, 2.45) is 7.05 Å². The van der Waals surface area contributed by atoms with E-state index in [0.717, 1.165) is 0 Å². The maximum atomic E-state index is 10.7. The number of carbonyl (C=O) groups excluding carboxylic acids is 1. The summed E-state index contributed by atoms with van der Waals surface area (Å²) in [4.78, 5) is 10.7. The van der Waals surface area contributed by atoms with Crippen molar-refractivity contribution in [1.82, 2.24) is 25.5 Å². The fourth-order valence-electron chi connectivity index (χ4n) is 0.499. The van der Waals surface area contributed by atoms with Crippen molar-refractivity contribution >= 4 is 12.0 Å². The van der Waals surface area contributed by atoms with Gasteiger partial charge < -0.3 is 5.32 Å². The van der Waals surface area contributed by atoms with Gasteiger partial charge in [0.1, 0.15) is 0 Å². The van der Waals surface area contributed by atoms with Gasteiger partial charge in [-0.25, -0.2) is 9.48 Å². The number of urea groups is 1. The van der Waals surface area contributed by atoms with Gasteiger partial charge in [-0.05, 0) is 10.4 Å². The molecule has 0 saturated carbocycles. The Labute approximate surface area is 62.8 Å². The van der Waals surface area contributed by atoms with E-state index in [2.05, 4.69) is 26.2 Å². The van der Waals surface area contributed by atoms with Crippen molar-refractivity contribution in [3.63, 3.8) is 0 Å². The molecule has 0 radical (unpaired) electrons. The Hall–Kier alpha value is -1.66. The molecule has 0 saturated heterocycles. The Bertz CT molecular complexity index is 255. The SMILES string of the molecule is CNC(=O)Nc1nnnn1C. The quantitative estimate of drug-likeness (QED) is 0.544. The molecule has 0 unspecified atom stereocenters. The van der Waals surface area contributed by atoms with Crippen LogP contribution in [0.3, 0.4) is 0 Å². The highest BCUT2D eigenvalue weighted by molar-refractivity contribution is 5.86. The highest BCUT2D eigenvalue weighted by atomic mass is 16.2. The molecule has 60 valence electrons. The van der Waals surface area contributed by atoms with Crippen LogP contribution in [0.2, 0.25) is 0 Å². The predicted molar refractivity (Wildman–Crippen MR) is 36.9 cm³/mol. The van der Waals surface area contributed by atoms with Crippen LogP contribution in [0.4, 0.5) is 10.7 Å². The number of nitrogens with zero attached hydrogens (tertiary/aromatic N) is 4. The Morgan fingerprint density at radius 2 is 2.36 bits per heavy atom. The zero-order chi connectivity index (χ0) is 8.27. The molecule has 0 aliphatic rings. The molecule has 0 atom stereocenters. The average Bonchev–Trinajstić information content (AvgIpc) is 2.37. The lowest BCUT2D eigenvalue weighted by atomic mass is 10.8. The van der Waals surface area contributed by atoms with Gasteiger partial charge in [0.15, 0.2) is 0 Å². The number of hydrogen-bond donors (Lipinski definition) is 2. The summed E-state index contributed by atoms with van der Waals surface area (Å²) < 4.78 is 1.36. The summed E-state index contributed by atoms with van der Waals surface area (Å²) in [5, 5.41) is 15.2. The predicted octanol–water partition coefficient (Wildman–Crippen LogP) is -1.04. The largest absolute Gasteiger partial charge is 0.341 e.